The van der Waals surface area contributed by atoms with Crippen molar-refractivity contribution in [3.8, 4) is 0 Å². The van der Waals surface area contributed by atoms with E-state index in [2.05, 4.69) is 17.6 Å². The third-order valence-electron chi connectivity index (χ3n) is 5.96. The van der Waals surface area contributed by atoms with Crippen LogP contribution in [0.4, 0.5) is 0 Å². The van der Waals surface area contributed by atoms with Gasteiger partial charge in [0.15, 0.2) is 0 Å². The van der Waals surface area contributed by atoms with E-state index in [1.807, 2.05) is 36.6 Å². The van der Waals surface area contributed by atoms with Gasteiger partial charge in [-0.1, -0.05) is 56.5 Å². The number of rotatable bonds is 10. The summed E-state index contributed by atoms with van der Waals surface area (Å²) < 4.78 is 0. The maximum Gasteiger partial charge on any atom is 0.261 e. The van der Waals surface area contributed by atoms with Crippen LogP contribution in [0.1, 0.15) is 72.3 Å². The Morgan fingerprint density at radius 3 is 2.53 bits per heavy atom. The van der Waals surface area contributed by atoms with Crippen molar-refractivity contribution in [3.63, 3.8) is 0 Å². The molecule has 0 bridgehead atoms. The number of amides is 3. The Labute approximate surface area is 194 Å². The van der Waals surface area contributed by atoms with E-state index in [0.717, 1.165) is 49.7 Å². The molecule has 3 amide bonds. The summed E-state index contributed by atoms with van der Waals surface area (Å²) in [6, 6.07) is 10.7. The molecule has 1 aliphatic rings. The number of nitrogens with zero attached hydrogens (tertiary/aromatic N) is 1. The molecule has 0 aliphatic heterocycles. The molecule has 1 unspecified atom stereocenters. The van der Waals surface area contributed by atoms with Gasteiger partial charge in [0, 0.05) is 12.6 Å². The number of hydrogen-bond acceptors (Lipinski definition) is 4. The van der Waals surface area contributed by atoms with E-state index in [9.17, 15) is 14.4 Å². The largest absolute Gasteiger partial charge is 0.351 e. The molecule has 1 aromatic heterocycles. The van der Waals surface area contributed by atoms with Crippen molar-refractivity contribution in [2.75, 3.05) is 13.1 Å². The van der Waals surface area contributed by atoms with Crippen LogP contribution in [0.2, 0.25) is 0 Å². The highest BCUT2D eigenvalue weighted by Gasteiger charge is 2.33. The number of hydrogen-bond donors (Lipinski definition) is 2. The number of aryl methyl sites for hydroxylation is 1. The Morgan fingerprint density at radius 2 is 1.88 bits per heavy atom. The second kappa shape index (κ2) is 11.8. The second-order valence-corrected chi connectivity index (χ2v) is 9.30. The number of benzene rings is 1. The molecule has 1 fully saturated rings. The van der Waals surface area contributed by atoms with Gasteiger partial charge in [-0.05, 0) is 48.8 Å². The van der Waals surface area contributed by atoms with Gasteiger partial charge in [-0.3, -0.25) is 14.4 Å². The second-order valence-electron chi connectivity index (χ2n) is 8.35. The van der Waals surface area contributed by atoms with Crippen LogP contribution in [0.25, 0.3) is 0 Å². The predicted octanol–water partition coefficient (Wildman–Crippen LogP) is 4.22. The van der Waals surface area contributed by atoms with Gasteiger partial charge in [0.1, 0.15) is 6.04 Å². The van der Waals surface area contributed by atoms with Gasteiger partial charge < -0.3 is 15.5 Å². The summed E-state index contributed by atoms with van der Waals surface area (Å²) in [5, 5.41) is 7.73. The van der Waals surface area contributed by atoms with Gasteiger partial charge in [-0.2, -0.15) is 0 Å². The van der Waals surface area contributed by atoms with Crippen molar-refractivity contribution >= 4 is 29.1 Å². The molecule has 2 aromatic rings. The lowest BCUT2D eigenvalue weighted by Crippen LogP contribution is -2.49. The molecular formula is C25H33N3O3S. The lowest BCUT2D eigenvalue weighted by Gasteiger charge is -2.33. The SMILES string of the molecule is CCCCN(C(=O)CNC(=O)c1cccs1)C(C(=O)NC1CCCC1)c1ccccc1C. The van der Waals surface area contributed by atoms with E-state index in [-0.39, 0.29) is 30.3 Å². The lowest BCUT2D eigenvalue weighted by atomic mass is 9.98. The third kappa shape index (κ3) is 6.19. The normalized spacial score (nSPS) is 14.7. The highest BCUT2D eigenvalue weighted by atomic mass is 32.1. The van der Waals surface area contributed by atoms with Crippen LogP contribution in [0.3, 0.4) is 0 Å². The fourth-order valence-corrected chi connectivity index (χ4v) is 4.81. The summed E-state index contributed by atoms with van der Waals surface area (Å²) in [6.45, 7) is 4.34. The van der Waals surface area contributed by atoms with E-state index >= 15 is 0 Å². The van der Waals surface area contributed by atoms with E-state index in [1.54, 1.807) is 17.0 Å². The molecule has 1 atom stereocenters. The lowest BCUT2D eigenvalue weighted by molar-refractivity contribution is -0.140. The van der Waals surface area contributed by atoms with Gasteiger partial charge in [0.25, 0.3) is 5.91 Å². The van der Waals surface area contributed by atoms with Crippen molar-refractivity contribution in [2.24, 2.45) is 0 Å². The predicted molar refractivity (Wildman–Crippen MR) is 128 cm³/mol. The van der Waals surface area contributed by atoms with Crippen LogP contribution < -0.4 is 10.6 Å². The van der Waals surface area contributed by atoms with Crippen LogP contribution in [0, 0.1) is 6.92 Å². The van der Waals surface area contributed by atoms with Crippen LogP contribution in [0.15, 0.2) is 41.8 Å². The van der Waals surface area contributed by atoms with E-state index in [1.165, 1.54) is 11.3 Å². The quantitative estimate of drug-likeness (QED) is 0.563. The number of carbonyl (C=O) groups excluding carboxylic acids is 3. The molecule has 1 saturated carbocycles. The first-order valence-electron chi connectivity index (χ1n) is 11.5. The van der Waals surface area contributed by atoms with Crippen LogP contribution >= 0.6 is 11.3 Å². The van der Waals surface area contributed by atoms with Crippen LogP contribution in [0.5, 0.6) is 0 Å². The zero-order chi connectivity index (χ0) is 22.9. The molecule has 3 rings (SSSR count). The average Bonchev–Trinajstić information content (AvgIpc) is 3.50. The van der Waals surface area contributed by atoms with E-state index in [4.69, 9.17) is 0 Å². The number of nitrogens with one attached hydrogen (secondary N) is 2. The fraction of sp³-hybridized carbons (Fsp3) is 0.480. The van der Waals surface area contributed by atoms with Crippen molar-refractivity contribution in [1.82, 2.24) is 15.5 Å². The zero-order valence-corrected chi connectivity index (χ0v) is 19.7. The van der Waals surface area contributed by atoms with Gasteiger partial charge in [-0.15, -0.1) is 11.3 Å². The maximum atomic E-state index is 13.5. The molecule has 7 heteroatoms. The molecular weight excluding hydrogens is 422 g/mol. The molecule has 32 heavy (non-hydrogen) atoms. The summed E-state index contributed by atoms with van der Waals surface area (Å²) >= 11 is 1.33. The maximum absolute atomic E-state index is 13.5. The number of thiophene rings is 1. The Morgan fingerprint density at radius 1 is 1.12 bits per heavy atom. The van der Waals surface area contributed by atoms with Crippen molar-refractivity contribution < 1.29 is 14.4 Å². The topological polar surface area (TPSA) is 78.5 Å². The van der Waals surface area contributed by atoms with Crippen LogP contribution in [-0.2, 0) is 9.59 Å². The van der Waals surface area contributed by atoms with Gasteiger partial charge >= 0.3 is 0 Å². The Kier molecular flexibility index (Phi) is 8.85. The first-order valence-corrected chi connectivity index (χ1v) is 12.4. The van der Waals surface area contributed by atoms with Crippen LogP contribution in [-0.4, -0.2) is 41.8 Å². The van der Waals surface area contributed by atoms with Crippen molar-refractivity contribution in [2.45, 2.75) is 64.5 Å². The zero-order valence-electron chi connectivity index (χ0n) is 18.9. The minimum atomic E-state index is -0.713. The smallest absolute Gasteiger partial charge is 0.261 e. The van der Waals surface area contributed by atoms with E-state index in [0.29, 0.717) is 11.4 Å². The summed E-state index contributed by atoms with van der Waals surface area (Å²) in [4.78, 5) is 41.4. The standard InChI is InChI=1S/C25H33N3O3S/c1-3-4-15-28(22(29)17-26-24(30)21-14-9-16-32-21)23(20-13-8-5-10-18(20)2)25(31)27-19-11-6-7-12-19/h5,8-10,13-14,16,19,23H,3-4,6-7,11-12,15,17H2,1-2H3,(H,26,30)(H,27,31). The summed E-state index contributed by atoms with van der Waals surface area (Å²) in [6.07, 6.45) is 5.87. The average molecular weight is 456 g/mol. The molecule has 172 valence electrons. The van der Waals surface area contributed by atoms with Gasteiger partial charge in [0.2, 0.25) is 11.8 Å². The van der Waals surface area contributed by atoms with Gasteiger partial charge in [0.05, 0.1) is 11.4 Å². The molecule has 1 heterocycles. The van der Waals surface area contributed by atoms with Crippen molar-refractivity contribution in [3.05, 3.63) is 57.8 Å². The number of unbranched alkanes of at least 4 members (excludes halogenated alkanes) is 1. The molecule has 2 N–H and O–H groups in total. The Balaban J connectivity index is 1.83. The van der Waals surface area contributed by atoms with Crippen molar-refractivity contribution in [1.29, 1.82) is 0 Å². The van der Waals surface area contributed by atoms with Gasteiger partial charge in [-0.25, -0.2) is 0 Å². The summed E-state index contributed by atoms with van der Waals surface area (Å²) in [7, 11) is 0. The molecule has 0 spiro atoms. The first-order chi connectivity index (χ1) is 15.5. The fourth-order valence-electron chi connectivity index (χ4n) is 4.17. The summed E-state index contributed by atoms with van der Waals surface area (Å²) in [5.41, 5.74) is 1.80. The Hall–Kier alpha value is -2.67. The highest BCUT2D eigenvalue weighted by molar-refractivity contribution is 7.12. The first kappa shape index (κ1) is 24.0. The Bertz CT molecular complexity index is 907. The molecule has 0 saturated heterocycles. The van der Waals surface area contributed by atoms with E-state index < -0.39 is 6.04 Å². The highest BCUT2D eigenvalue weighted by Crippen LogP contribution is 2.27. The minimum Gasteiger partial charge on any atom is -0.351 e. The molecule has 1 aliphatic carbocycles. The number of carbonyl (C=O) groups is 3. The minimum absolute atomic E-state index is 0.139. The summed E-state index contributed by atoms with van der Waals surface area (Å²) in [5.74, 6) is -0.662. The molecule has 0 radical (unpaired) electrons. The third-order valence-corrected chi connectivity index (χ3v) is 6.83. The monoisotopic (exact) mass is 455 g/mol. The molecule has 6 nitrogen and oxygen atoms in total. The molecule has 1 aromatic carbocycles.